The maximum atomic E-state index is 4.31. The van der Waals surface area contributed by atoms with Crippen LogP contribution in [0.15, 0.2) is 18.3 Å². The third-order valence-electron chi connectivity index (χ3n) is 3.18. The Hall–Kier alpha value is -1.25. The topological polar surface area (TPSA) is 37.0 Å². The summed E-state index contributed by atoms with van der Waals surface area (Å²) >= 11 is 0. The molecule has 0 aliphatic heterocycles. The van der Waals surface area contributed by atoms with Crippen LogP contribution in [0.2, 0.25) is 0 Å². The second-order valence-electron chi connectivity index (χ2n) is 5.15. The number of nitrogens with one attached hydrogen (secondary N) is 2. The Balaban J connectivity index is 2.50. The molecule has 1 rings (SSSR count). The molecule has 0 spiro atoms. The molecule has 0 amide bonds. The van der Waals surface area contributed by atoms with E-state index in [4.69, 9.17) is 0 Å². The number of rotatable bonds is 8. The summed E-state index contributed by atoms with van der Waals surface area (Å²) in [6.45, 7) is 9.92. The van der Waals surface area contributed by atoms with Gasteiger partial charge in [0.15, 0.2) is 0 Å². The predicted molar refractivity (Wildman–Crippen MR) is 80.2 cm³/mol. The lowest BCUT2D eigenvalue weighted by molar-refractivity contribution is 0.484. The second-order valence-corrected chi connectivity index (χ2v) is 5.15. The first-order valence-corrected chi connectivity index (χ1v) is 7.12. The first kappa shape index (κ1) is 14.8. The molecule has 0 saturated carbocycles. The molecule has 0 aliphatic rings. The molecule has 0 radical (unpaired) electrons. The SMILES string of the molecule is CCCNc1cc(NC(C)CC(C)CC)ccn1. The zero-order valence-corrected chi connectivity index (χ0v) is 12.2. The molecule has 0 saturated heterocycles. The third kappa shape index (κ3) is 5.39. The monoisotopic (exact) mass is 249 g/mol. The molecule has 2 atom stereocenters. The van der Waals surface area contributed by atoms with Crippen LogP contribution in [0.5, 0.6) is 0 Å². The Morgan fingerprint density at radius 2 is 2.06 bits per heavy atom. The van der Waals surface area contributed by atoms with Gasteiger partial charge in [0.25, 0.3) is 0 Å². The van der Waals surface area contributed by atoms with Crippen molar-refractivity contribution in [3.8, 4) is 0 Å². The molecular formula is C15H27N3. The van der Waals surface area contributed by atoms with Crippen LogP contribution in [0.1, 0.15) is 47.0 Å². The van der Waals surface area contributed by atoms with E-state index >= 15 is 0 Å². The van der Waals surface area contributed by atoms with E-state index in [0.717, 1.165) is 30.4 Å². The van der Waals surface area contributed by atoms with Gasteiger partial charge in [-0.1, -0.05) is 27.2 Å². The van der Waals surface area contributed by atoms with E-state index < -0.39 is 0 Å². The number of hydrogen-bond donors (Lipinski definition) is 2. The fourth-order valence-corrected chi connectivity index (χ4v) is 1.98. The highest BCUT2D eigenvalue weighted by atomic mass is 15.0. The molecule has 18 heavy (non-hydrogen) atoms. The van der Waals surface area contributed by atoms with Gasteiger partial charge in [-0.2, -0.15) is 0 Å². The number of nitrogens with zero attached hydrogens (tertiary/aromatic N) is 1. The molecule has 1 aromatic rings. The maximum Gasteiger partial charge on any atom is 0.127 e. The van der Waals surface area contributed by atoms with Crippen LogP contribution < -0.4 is 10.6 Å². The van der Waals surface area contributed by atoms with Crippen LogP contribution >= 0.6 is 0 Å². The molecule has 2 N–H and O–H groups in total. The first-order chi connectivity index (χ1) is 8.65. The Labute approximate surface area is 111 Å². The van der Waals surface area contributed by atoms with Gasteiger partial charge in [0, 0.05) is 30.5 Å². The summed E-state index contributed by atoms with van der Waals surface area (Å²) in [5.74, 6) is 1.73. The van der Waals surface area contributed by atoms with Gasteiger partial charge in [-0.15, -0.1) is 0 Å². The zero-order valence-electron chi connectivity index (χ0n) is 12.2. The van der Waals surface area contributed by atoms with Gasteiger partial charge >= 0.3 is 0 Å². The summed E-state index contributed by atoms with van der Waals surface area (Å²) in [5, 5.41) is 6.85. The number of hydrogen-bond acceptors (Lipinski definition) is 3. The summed E-state index contributed by atoms with van der Waals surface area (Å²) in [5.41, 5.74) is 1.15. The minimum atomic E-state index is 0.501. The predicted octanol–water partition coefficient (Wildman–Crippen LogP) is 4.14. The molecule has 1 aromatic heterocycles. The molecule has 102 valence electrons. The van der Waals surface area contributed by atoms with Crippen LogP contribution in [0.3, 0.4) is 0 Å². The van der Waals surface area contributed by atoms with E-state index in [1.165, 1.54) is 12.8 Å². The Morgan fingerprint density at radius 3 is 2.72 bits per heavy atom. The summed E-state index contributed by atoms with van der Waals surface area (Å²) in [7, 11) is 0. The van der Waals surface area contributed by atoms with Crippen molar-refractivity contribution >= 4 is 11.5 Å². The average Bonchev–Trinajstić information content (AvgIpc) is 2.36. The molecule has 0 aliphatic carbocycles. The molecule has 2 unspecified atom stereocenters. The van der Waals surface area contributed by atoms with Crippen LogP contribution in [-0.4, -0.2) is 17.6 Å². The Bertz CT molecular complexity index is 338. The number of anilines is 2. The number of aromatic nitrogens is 1. The van der Waals surface area contributed by atoms with E-state index in [1.54, 1.807) is 0 Å². The van der Waals surface area contributed by atoms with Gasteiger partial charge in [0.05, 0.1) is 0 Å². The fraction of sp³-hybridized carbons (Fsp3) is 0.667. The van der Waals surface area contributed by atoms with Gasteiger partial charge in [-0.05, 0) is 31.7 Å². The minimum absolute atomic E-state index is 0.501. The first-order valence-electron chi connectivity index (χ1n) is 7.12. The summed E-state index contributed by atoms with van der Waals surface area (Å²) in [6.07, 6.45) is 5.42. The second kappa shape index (κ2) is 7.96. The lowest BCUT2D eigenvalue weighted by atomic mass is 10.0. The summed E-state index contributed by atoms with van der Waals surface area (Å²) < 4.78 is 0. The normalized spacial score (nSPS) is 14.0. The highest BCUT2D eigenvalue weighted by molar-refractivity contribution is 5.52. The summed E-state index contributed by atoms with van der Waals surface area (Å²) in [6, 6.07) is 4.62. The third-order valence-corrected chi connectivity index (χ3v) is 3.18. The van der Waals surface area contributed by atoms with Crippen LogP contribution in [-0.2, 0) is 0 Å². The van der Waals surface area contributed by atoms with E-state index in [0.29, 0.717) is 6.04 Å². The van der Waals surface area contributed by atoms with Crippen molar-refractivity contribution in [3.63, 3.8) is 0 Å². The van der Waals surface area contributed by atoms with E-state index in [2.05, 4.69) is 49.4 Å². The average molecular weight is 249 g/mol. The van der Waals surface area contributed by atoms with E-state index in [1.807, 2.05) is 12.3 Å². The largest absolute Gasteiger partial charge is 0.382 e. The van der Waals surface area contributed by atoms with Crippen LogP contribution in [0.25, 0.3) is 0 Å². The van der Waals surface area contributed by atoms with Crippen LogP contribution in [0, 0.1) is 5.92 Å². The quantitative estimate of drug-likeness (QED) is 0.727. The highest BCUT2D eigenvalue weighted by Gasteiger charge is 2.07. The van der Waals surface area contributed by atoms with Gasteiger partial charge in [-0.25, -0.2) is 4.98 Å². The molecule has 0 bridgehead atoms. The van der Waals surface area contributed by atoms with Crippen molar-refractivity contribution in [2.75, 3.05) is 17.2 Å². The Kier molecular flexibility index (Phi) is 6.55. The molecule has 3 nitrogen and oxygen atoms in total. The fourth-order valence-electron chi connectivity index (χ4n) is 1.98. The lowest BCUT2D eigenvalue weighted by Crippen LogP contribution is -2.18. The van der Waals surface area contributed by atoms with Gasteiger partial charge < -0.3 is 10.6 Å². The smallest absolute Gasteiger partial charge is 0.127 e. The van der Waals surface area contributed by atoms with Gasteiger partial charge in [0.1, 0.15) is 5.82 Å². The molecular weight excluding hydrogens is 222 g/mol. The highest BCUT2D eigenvalue weighted by Crippen LogP contribution is 2.17. The maximum absolute atomic E-state index is 4.31. The Morgan fingerprint density at radius 1 is 1.28 bits per heavy atom. The zero-order chi connectivity index (χ0) is 13.4. The van der Waals surface area contributed by atoms with Crippen molar-refractivity contribution in [3.05, 3.63) is 18.3 Å². The standard InChI is InChI=1S/C15H27N3/c1-5-8-16-15-11-14(7-9-17-15)18-13(4)10-12(3)6-2/h7,9,11-13H,5-6,8,10H2,1-4H3,(H2,16,17,18). The van der Waals surface area contributed by atoms with E-state index in [-0.39, 0.29) is 0 Å². The van der Waals surface area contributed by atoms with Crippen molar-refractivity contribution in [1.82, 2.24) is 4.98 Å². The molecule has 1 heterocycles. The van der Waals surface area contributed by atoms with Crippen molar-refractivity contribution < 1.29 is 0 Å². The lowest BCUT2D eigenvalue weighted by Gasteiger charge is -2.19. The van der Waals surface area contributed by atoms with Crippen molar-refractivity contribution in [1.29, 1.82) is 0 Å². The molecule has 0 aromatic carbocycles. The minimum Gasteiger partial charge on any atom is -0.382 e. The molecule has 3 heteroatoms. The molecule has 0 fully saturated rings. The van der Waals surface area contributed by atoms with Crippen molar-refractivity contribution in [2.24, 2.45) is 5.92 Å². The van der Waals surface area contributed by atoms with Gasteiger partial charge in [-0.3, -0.25) is 0 Å². The summed E-state index contributed by atoms with van der Waals surface area (Å²) in [4.78, 5) is 4.31. The van der Waals surface area contributed by atoms with Crippen molar-refractivity contribution in [2.45, 2.75) is 53.0 Å². The van der Waals surface area contributed by atoms with Crippen LogP contribution in [0.4, 0.5) is 11.5 Å². The van der Waals surface area contributed by atoms with Gasteiger partial charge in [0.2, 0.25) is 0 Å². The number of pyridine rings is 1. The van der Waals surface area contributed by atoms with E-state index in [9.17, 15) is 0 Å².